The SMILES string of the molecule is NCC(NC(=O)CSCC(N)=O)c1ccc2ccccc2c1. The van der Waals surface area contributed by atoms with E-state index < -0.39 is 5.91 Å². The van der Waals surface area contributed by atoms with Crippen molar-refractivity contribution in [2.75, 3.05) is 18.1 Å². The van der Waals surface area contributed by atoms with Gasteiger partial charge in [-0.2, -0.15) is 0 Å². The molecule has 0 spiro atoms. The third-order valence-electron chi connectivity index (χ3n) is 3.22. The van der Waals surface area contributed by atoms with Crippen LogP contribution >= 0.6 is 11.8 Å². The monoisotopic (exact) mass is 317 g/mol. The van der Waals surface area contributed by atoms with E-state index in [0.29, 0.717) is 6.54 Å². The molecular weight excluding hydrogens is 298 g/mol. The van der Waals surface area contributed by atoms with Crippen molar-refractivity contribution in [2.24, 2.45) is 11.5 Å². The van der Waals surface area contributed by atoms with E-state index in [0.717, 1.165) is 16.3 Å². The van der Waals surface area contributed by atoms with Gasteiger partial charge in [-0.1, -0.05) is 36.4 Å². The zero-order chi connectivity index (χ0) is 15.9. The minimum absolute atomic E-state index is 0.136. The van der Waals surface area contributed by atoms with Gasteiger partial charge in [0.1, 0.15) is 0 Å². The van der Waals surface area contributed by atoms with Gasteiger partial charge in [-0.15, -0.1) is 11.8 Å². The second kappa shape index (κ2) is 7.82. The highest BCUT2D eigenvalue weighted by molar-refractivity contribution is 8.00. The fraction of sp³-hybridized carbons (Fsp3) is 0.250. The fourth-order valence-electron chi connectivity index (χ4n) is 2.18. The zero-order valence-electron chi connectivity index (χ0n) is 12.1. The standard InChI is InChI=1S/C16H19N3O2S/c17-8-14(19-16(21)10-22-9-15(18)20)13-6-5-11-3-1-2-4-12(11)7-13/h1-7,14H,8-10,17H2,(H2,18,20)(H,19,21). The molecule has 0 saturated carbocycles. The van der Waals surface area contributed by atoms with Crippen LogP contribution in [0.15, 0.2) is 42.5 Å². The summed E-state index contributed by atoms with van der Waals surface area (Å²) in [7, 11) is 0. The van der Waals surface area contributed by atoms with E-state index in [9.17, 15) is 9.59 Å². The lowest BCUT2D eigenvalue weighted by molar-refractivity contribution is -0.119. The number of rotatable bonds is 7. The molecule has 1 unspecified atom stereocenters. The third-order valence-corrected chi connectivity index (χ3v) is 4.18. The number of primary amides is 1. The van der Waals surface area contributed by atoms with Gasteiger partial charge in [-0.05, 0) is 22.4 Å². The van der Waals surface area contributed by atoms with Crippen molar-refractivity contribution in [1.29, 1.82) is 0 Å². The summed E-state index contributed by atoms with van der Waals surface area (Å²) in [6.07, 6.45) is 0. The number of benzene rings is 2. The minimum atomic E-state index is -0.428. The molecule has 0 fully saturated rings. The van der Waals surface area contributed by atoms with Crippen LogP contribution in [0.25, 0.3) is 10.8 Å². The summed E-state index contributed by atoms with van der Waals surface area (Å²) < 4.78 is 0. The lowest BCUT2D eigenvalue weighted by Crippen LogP contribution is -2.34. The maximum Gasteiger partial charge on any atom is 0.230 e. The number of thioether (sulfide) groups is 1. The molecule has 2 rings (SSSR count). The molecule has 5 nitrogen and oxygen atoms in total. The van der Waals surface area contributed by atoms with Crippen LogP contribution in [0.5, 0.6) is 0 Å². The largest absolute Gasteiger partial charge is 0.369 e. The fourth-order valence-corrected chi connectivity index (χ4v) is 2.76. The Kier molecular flexibility index (Phi) is 5.80. The Bertz CT molecular complexity index is 675. The van der Waals surface area contributed by atoms with E-state index in [2.05, 4.69) is 5.32 Å². The molecule has 0 aliphatic heterocycles. The van der Waals surface area contributed by atoms with Gasteiger partial charge < -0.3 is 16.8 Å². The Morgan fingerprint density at radius 1 is 1.09 bits per heavy atom. The van der Waals surface area contributed by atoms with Crippen LogP contribution in [0.3, 0.4) is 0 Å². The Morgan fingerprint density at radius 3 is 2.50 bits per heavy atom. The van der Waals surface area contributed by atoms with E-state index >= 15 is 0 Å². The average Bonchev–Trinajstić information content (AvgIpc) is 2.51. The van der Waals surface area contributed by atoms with Gasteiger partial charge in [-0.3, -0.25) is 9.59 Å². The van der Waals surface area contributed by atoms with Crippen molar-refractivity contribution in [1.82, 2.24) is 5.32 Å². The number of carbonyl (C=O) groups is 2. The number of amides is 2. The number of nitrogens with two attached hydrogens (primary N) is 2. The molecule has 116 valence electrons. The molecule has 2 aromatic rings. The Balaban J connectivity index is 2.03. The number of hydrogen-bond acceptors (Lipinski definition) is 4. The van der Waals surface area contributed by atoms with Crippen LogP contribution in [-0.4, -0.2) is 29.9 Å². The van der Waals surface area contributed by atoms with E-state index in [-0.39, 0.29) is 23.5 Å². The lowest BCUT2D eigenvalue weighted by Gasteiger charge is -2.18. The van der Waals surface area contributed by atoms with Crippen molar-refractivity contribution in [3.63, 3.8) is 0 Å². The van der Waals surface area contributed by atoms with Crippen molar-refractivity contribution in [2.45, 2.75) is 6.04 Å². The second-order valence-electron chi connectivity index (χ2n) is 4.92. The summed E-state index contributed by atoms with van der Waals surface area (Å²) in [5, 5.41) is 5.14. The number of fused-ring (bicyclic) bond motifs is 1. The molecule has 2 aromatic carbocycles. The maximum atomic E-state index is 11.9. The number of carbonyl (C=O) groups excluding carboxylic acids is 2. The smallest absolute Gasteiger partial charge is 0.230 e. The van der Waals surface area contributed by atoms with E-state index in [4.69, 9.17) is 11.5 Å². The summed E-state index contributed by atoms with van der Waals surface area (Å²) in [5.74, 6) is -0.262. The Morgan fingerprint density at radius 2 is 1.82 bits per heavy atom. The van der Waals surface area contributed by atoms with Gasteiger partial charge in [0.05, 0.1) is 17.5 Å². The molecule has 0 aliphatic rings. The first-order valence-electron chi connectivity index (χ1n) is 6.94. The predicted octanol–water partition coefficient (Wildman–Crippen LogP) is 1.17. The van der Waals surface area contributed by atoms with Gasteiger partial charge in [-0.25, -0.2) is 0 Å². The van der Waals surface area contributed by atoms with E-state index in [1.807, 2.05) is 42.5 Å². The van der Waals surface area contributed by atoms with Crippen LogP contribution < -0.4 is 16.8 Å². The van der Waals surface area contributed by atoms with Crippen LogP contribution in [-0.2, 0) is 9.59 Å². The first-order chi connectivity index (χ1) is 10.6. The molecule has 1 atom stereocenters. The first-order valence-corrected chi connectivity index (χ1v) is 8.10. The summed E-state index contributed by atoms with van der Waals surface area (Å²) in [6, 6.07) is 13.8. The third kappa shape index (κ3) is 4.47. The molecular formula is C16H19N3O2S. The first kappa shape index (κ1) is 16.3. The quantitative estimate of drug-likeness (QED) is 0.714. The normalized spacial score (nSPS) is 12.0. The van der Waals surface area contributed by atoms with E-state index in [1.165, 1.54) is 11.8 Å². The van der Waals surface area contributed by atoms with Crippen LogP contribution in [0.2, 0.25) is 0 Å². The highest BCUT2D eigenvalue weighted by atomic mass is 32.2. The second-order valence-corrected chi connectivity index (χ2v) is 5.91. The molecule has 0 heterocycles. The summed E-state index contributed by atoms with van der Waals surface area (Å²) in [4.78, 5) is 22.5. The topological polar surface area (TPSA) is 98.2 Å². The van der Waals surface area contributed by atoms with Gasteiger partial charge in [0.15, 0.2) is 0 Å². The van der Waals surface area contributed by atoms with Crippen molar-refractivity contribution >= 4 is 34.3 Å². The molecule has 22 heavy (non-hydrogen) atoms. The number of hydrogen-bond donors (Lipinski definition) is 3. The molecule has 0 bridgehead atoms. The molecule has 0 aromatic heterocycles. The summed E-state index contributed by atoms with van der Waals surface area (Å²) in [5.41, 5.74) is 11.8. The Hall–Kier alpha value is -2.05. The van der Waals surface area contributed by atoms with Crippen molar-refractivity contribution in [3.05, 3.63) is 48.0 Å². The summed E-state index contributed by atoms with van der Waals surface area (Å²) >= 11 is 1.19. The van der Waals surface area contributed by atoms with Crippen molar-refractivity contribution < 1.29 is 9.59 Å². The van der Waals surface area contributed by atoms with Gasteiger partial charge in [0.25, 0.3) is 0 Å². The lowest BCUT2D eigenvalue weighted by atomic mass is 10.0. The molecule has 2 amide bonds. The molecule has 5 N–H and O–H groups in total. The van der Waals surface area contributed by atoms with Crippen molar-refractivity contribution in [3.8, 4) is 0 Å². The molecule has 6 heteroatoms. The van der Waals surface area contributed by atoms with Gasteiger partial charge in [0, 0.05) is 6.54 Å². The maximum absolute atomic E-state index is 11.9. The minimum Gasteiger partial charge on any atom is -0.369 e. The number of nitrogens with one attached hydrogen (secondary N) is 1. The van der Waals surface area contributed by atoms with Gasteiger partial charge >= 0.3 is 0 Å². The van der Waals surface area contributed by atoms with Crippen LogP contribution in [0.1, 0.15) is 11.6 Å². The zero-order valence-corrected chi connectivity index (χ0v) is 12.9. The van der Waals surface area contributed by atoms with Crippen LogP contribution in [0.4, 0.5) is 0 Å². The summed E-state index contributed by atoms with van der Waals surface area (Å²) in [6.45, 7) is 0.310. The molecule has 0 saturated heterocycles. The average molecular weight is 317 g/mol. The van der Waals surface area contributed by atoms with Crippen LogP contribution in [0, 0.1) is 0 Å². The highest BCUT2D eigenvalue weighted by Gasteiger charge is 2.13. The molecule has 0 radical (unpaired) electrons. The van der Waals surface area contributed by atoms with Gasteiger partial charge in [0.2, 0.25) is 11.8 Å². The molecule has 0 aliphatic carbocycles. The van der Waals surface area contributed by atoms with E-state index in [1.54, 1.807) is 0 Å². The Labute approximate surface area is 133 Å². The predicted molar refractivity (Wildman–Crippen MR) is 90.4 cm³/mol. The highest BCUT2D eigenvalue weighted by Crippen LogP contribution is 2.20.